The minimum atomic E-state index is -0.258. The molecule has 0 aromatic carbocycles. The van der Waals surface area contributed by atoms with E-state index in [9.17, 15) is 4.79 Å². The molecule has 0 aromatic rings. The van der Waals surface area contributed by atoms with Crippen molar-refractivity contribution in [1.29, 1.82) is 0 Å². The molecular formula is C15H32N2O4. The first kappa shape index (κ1) is 20.3. The van der Waals surface area contributed by atoms with Crippen LogP contribution < -0.4 is 5.32 Å². The predicted molar refractivity (Wildman–Crippen MR) is 83.5 cm³/mol. The van der Waals surface area contributed by atoms with Gasteiger partial charge in [-0.1, -0.05) is 0 Å². The molecule has 6 nitrogen and oxygen atoms in total. The molecule has 1 N–H and O–H groups in total. The van der Waals surface area contributed by atoms with Gasteiger partial charge in [-0.05, 0) is 34.2 Å². The monoisotopic (exact) mass is 304 g/mol. The largest absolute Gasteiger partial charge is 0.465 e. The Labute approximate surface area is 129 Å². The number of carbonyl (C=O) groups excluding carboxylic acids is 1. The molecule has 0 amide bonds. The van der Waals surface area contributed by atoms with Gasteiger partial charge in [-0.2, -0.15) is 0 Å². The van der Waals surface area contributed by atoms with Gasteiger partial charge in [0.2, 0.25) is 0 Å². The van der Waals surface area contributed by atoms with Crippen LogP contribution in [0, 0.1) is 0 Å². The number of nitrogens with zero attached hydrogens (tertiary/aromatic N) is 1. The summed E-state index contributed by atoms with van der Waals surface area (Å²) in [5, 5.41) is 3.01. The number of likely N-dealkylation sites (N-methyl/N-ethyl adjacent to an activating group) is 1. The second kappa shape index (κ2) is 14.3. The zero-order valence-corrected chi connectivity index (χ0v) is 14.0. The average Bonchev–Trinajstić information content (AvgIpc) is 2.48. The topological polar surface area (TPSA) is 60.0 Å². The highest BCUT2D eigenvalue weighted by atomic mass is 16.5. The molecule has 0 saturated carbocycles. The number of nitrogens with one attached hydrogen (secondary N) is 1. The van der Waals surface area contributed by atoms with E-state index in [1.165, 1.54) is 0 Å². The molecular weight excluding hydrogens is 272 g/mol. The van der Waals surface area contributed by atoms with Crippen LogP contribution in [0.5, 0.6) is 0 Å². The third kappa shape index (κ3) is 10.6. The molecule has 126 valence electrons. The average molecular weight is 304 g/mol. The van der Waals surface area contributed by atoms with Gasteiger partial charge in [0.15, 0.2) is 0 Å². The molecule has 1 unspecified atom stereocenters. The normalized spacial score (nSPS) is 12.6. The van der Waals surface area contributed by atoms with Gasteiger partial charge >= 0.3 is 5.97 Å². The fraction of sp³-hybridized carbons (Fsp3) is 0.933. The summed E-state index contributed by atoms with van der Waals surface area (Å²) in [5.74, 6) is -0.186. The number of carbonyl (C=O) groups is 1. The molecule has 0 fully saturated rings. The molecule has 0 radical (unpaired) electrons. The van der Waals surface area contributed by atoms with E-state index in [0.717, 1.165) is 32.8 Å². The first-order valence-electron chi connectivity index (χ1n) is 7.91. The lowest BCUT2D eigenvalue weighted by molar-refractivity contribution is -0.145. The van der Waals surface area contributed by atoms with Crippen molar-refractivity contribution in [3.63, 3.8) is 0 Å². The summed E-state index contributed by atoms with van der Waals surface area (Å²) >= 11 is 0. The molecule has 0 aromatic heterocycles. The van der Waals surface area contributed by atoms with Crippen LogP contribution in [0.2, 0.25) is 0 Å². The Morgan fingerprint density at radius 2 is 1.57 bits per heavy atom. The second-order valence-corrected chi connectivity index (χ2v) is 4.62. The molecule has 0 aliphatic heterocycles. The van der Waals surface area contributed by atoms with Gasteiger partial charge in [0.1, 0.15) is 6.04 Å². The van der Waals surface area contributed by atoms with Crippen LogP contribution in [0.4, 0.5) is 0 Å². The highest BCUT2D eigenvalue weighted by Crippen LogP contribution is 2.00. The lowest BCUT2D eigenvalue weighted by Crippen LogP contribution is -2.40. The lowest BCUT2D eigenvalue weighted by Gasteiger charge is -2.24. The zero-order valence-electron chi connectivity index (χ0n) is 14.0. The van der Waals surface area contributed by atoms with E-state index in [4.69, 9.17) is 14.2 Å². The second-order valence-electron chi connectivity index (χ2n) is 4.62. The Morgan fingerprint density at radius 3 is 2.00 bits per heavy atom. The Kier molecular flexibility index (Phi) is 13.8. The highest BCUT2D eigenvalue weighted by Gasteiger charge is 2.18. The van der Waals surface area contributed by atoms with E-state index in [0.29, 0.717) is 26.2 Å². The smallest absolute Gasteiger partial charge is 0.323 e. The van der Waals surface area contributed by atoms with Crippen LogP contribution in [0.1, 0.15) is 27.2 Å². The van der Waals surface area contributed by atoms with Crippen molar-refractivity contribution in [1.82, 2.24) is 10.2 Å². The van der Waals surface area contributed by atoms with E-state index in [1.54, 1.807) is 7.05 Å². The maximum atomic E-state index is 11.8. The van der Waals surface area contributed by atoms with Crippen LogP contribution >= 0.6 is 0 Å². The highest BCUT2D eigenvalue weighted by molar-refractivity contribution is 5.75. The van der Waals surface area contributed by atoms with Gasteiger partial charge in [-0.15, -0.1) is 0 Å². The SMILES string of the molecule is CCOCCN(CCOCC)CCC(NC)C(=O)OCC. The molecule has 0 heterocycles. The molecule has 1 atom stereocenters. The quantitative estimate of drug-likeness (QED) is 0.380. The minimum absolute atomic E-state index is 0.186. The predicted octanol–water partition coefficient (Wildman–Crippen LogP) is 0.903. The van der Waals surface area contributed by atoms with E-state index in [-0.39, 0.29) is 12.0 Å². The van der Waals surface area contributed by atoms with Gasteiger partial charge in [0, 0.05) is 32.8 Å². The molecule has 0 rings (SSSR count). The number of esters is 1. The van der Waals surface area contributed by atoms with Crippen molar-refractivity contribution in [3.8, 4) is 0 Å². The van der Waals surface area contributed by atoms with Crippen LogP contribution in [-0.4, -0.2) is 76.6 Å². The summed E-state index contributed by atoms with van der Waals surface area (Å²) in [6.07, 6.45) is 0.716. The van der Waals surface area contributed by atoms with E-state index < -0.39 is 0 Å². The summed E-state index contributed by atoms with van der Waals surface area (Å²) in [7, 11) is 1.78. The fourth-order valence-electron chi connectivity index (χ4n) is 1.95. The van der Waals surface area contributed by atoms with Gasteiger partial charge in [-0.25, -0.2) is 0 Å². The standard InChI is InChI=1S/C15H32N2O4/c1-5-19-12-10-17(11-13-20-6-2)9-8-14(16-4)15(18)21-7-3/h14,16H,5-13H2,1-4H3. The van der Waals surface area contributed by atoms with Gasteiger partial charge < -0.3 is 19.5 Å². The summed E-state index contributed by atoms with van der Waals surface area (Å²) in [5.41, 5.74) is 0. The Hall–Kier alpha value is -0.690. The van der Waals surface area contributed by atoms with E-state index in [2.05, 4.69) is 10.2 Å². The summed E-state index contributed by atoms with van der Waals surface area (Å²) in [6, 6.07) is -0.258. The Balaban J connectivity index is 4.18. The summed E-state index contributed by atoms with van der Waals surface area (Å²) < 4.78 is 15.9. The number of rotatable bonds is 14. The molecule has 0 bridgehead atoms. The molecule has 6 heteroatoms. The van der Waals surface area contributed by atoms with Crippen molar-refractivity contribution in [2.45, 2.75) is 33.2 Å². The third-order valence-electron chi connectivity index (χ3n) is 3.17. The maximum Gasteiger partial charge on any atom is 0.323 e. The Bertz CT molecular complexity index is 242. The van der Waals surface area contributed by atoms with Crippen molar-refractivity contribution in [2.24, 2.45) is 0 Å². The maximum absolute atomic E-state index is 11.8. The van der Waals surface area contributed by atoms with Crippen LogP contribution in [-0.2, 0) is 19.0 Å². The molecule has 0 aliphatic rings. The van der Waals surface area contributed by atoms with Crippen LogP contribution in [0.25, 0.3) is 0 Å². The summed E-state index contributed by atoms with van der Waals surface area (Å²) in [4.78, 5) is 14.0. The van der Waals surface area contributed by atoms with Crippen LogP contribution in [0.15, 0.2) is 0 Å². The summed E-state index contributed by atoms with van der Waals surface area (Å²) in [6.45, 7) is 11.6. The molecule has 21 heavy (non-hydrogen) atoms. The fourth-order valence-corrected chi connectivity index (χ4v) is 1.95. The lowest BCUT2D eigenvalue weighted by atomic mass is 10.2. The molecule has 0 aliphatic carbocycles. The zero-order chi connectivity index (χ0) is 15.9. The molecule has 0 spiro atoms. The van der Waals surface area contributed by atoms with Crippen molar-refractivity contribution in [3.05, 3.63) is 0 Å². The number of ether oxygens (including phenoxy) is 3. The minimum Gasteiger partial charge on any atom is -0.465 e. The number of hydrogen-bond donors (Lipinski definition) is 1. The van der Waals surface area contributed by atoms with Crippen LogP contribution in [0.3, 0.4) is 0 Å². The first-order chi connectivity index (χ1) is 10.2. The van der Waals surface area contributed by atoms with Gasteiger partial charge in [0.25, 0.3) is 0 Å². The first-order valence-corrected chi connectivity index (χ1v) is 7.91. The number of hydrogen-bond acceptors (Lipinski definition) is 6. The van der Waals surface area contributed by atoms with Crippen molar-refractivity contribution in [2.75, 3.05) is 59.7 Å². The van der Waals surface area contributed by atoms with Gasteiger partial charge in [0.05, 0.1) is 19.8 Å². The van der Waals surface area contributed by atoms with E-state index in [1.807, 2.05) is 20.8 Å². The molecule has 0 saturated heterocycles. The van der Waals surface area contributed by atoms with Gasteiger partial charge in [-0.3, -0.25) is 9.69 Å². The van der Waals surface area contributed by atoms with Crippen molar-refractivity contribution >= 4 is 5.97 Å². The van der Waals surface area contributed by atoms with Crippen molar-refractivity contribution < 1.29 is 19.0 Å². The van der Waals surface area contributed by atoms with E-state index >= 15 is 0 Å². The third-order valence-corrected chi connectivity index (χ3v) is 3.17. The Morgan fingerprint density at radius 1 is 1.00 bits per heavy atom.